The highest BCUT2D eigenvalue weighted by Gasteiger charge is 2.15. The van der Waals surface area contributed by atoms with Crippen molar-refractivity contribution in [1.82, 2.24) is 15.1 Å². The number of amides is 1. The average Bonchev–Trinajstić information content (AvgIpc) is 3.16. The third kappa shape index (κ3) is 2.71. The fourth-order valence-electron chi connectivity index (χ4n) is 2.34. The second kappa shape index (κ2) is 5.97. The summed E-state index contributed by atoms with van der Waals surface area (Å²) in [6, 6.07) is 9.32. The summed E-state index contributed by atoms with van der Waals surface area (Å²) in [4.78, 5) is 20.5. The van der Waals surface area contributed by atoms with Gasteiger partial charge >= 0.3 is 0 Å². The molecule has 0 aliphatic carbocycles. The molecule has 24 heavy (non-hydrogen) atoms. The van der Waals surface area contributed by atoms with Gasteiger partial charge < -0.3 is 14.3 Å². The molecule has 0 saturated carbocycles. The first-order valence-corrected chi connectivity index (χ1v) is 8.17. The first-order chi connectivity index (χ1) is 11.7. The molecule has 8 heteroatoms. The number of aromatic nitrogens is 3. The second-order valence-electron chi connectivity index (χ2n) is 5.11. The van der Waals surface area contributed by atoms with Gasteiger partial charge in [0, 0.05) is 11.5 Å². The van der Waals surface area contributed by atoms with E-state index in [4.69, 9.17) is 8.94 Å². The van der Waals surface area contributed by atoms with E-state index in [0.29, 0.717) is 22.2 Å². The number of benzene rings is 1. The van der Waals surface area contributed by atoms with E-state index in [1.807, 2.05) is 24.3 Å². The number of rotatable bonds is 4. The standard InChI is InChI=1S/C16H12N4O3S/c1-9-6-12(20-23-9)19-13(21)7-24-16-15-14(17-8-18-16)10-4-2-3-5-11(10)22-15/h2-6,8H,7H2,1H3,(H,19,20,21). The van der Waals surface area contributed by atoms with Crippen molar-refractivity contribution in [3.8, 4) is 0 Å². The van der Waals surface area contributed by atoms with Gasteiger partial charge in [0.25, 0.3) is 0 Å². The lowest BCUT2D eigenvalue weighted by atomic mass is 10.2. The molecule has 1 amide bonds. The molecular formula is C16H12N4O3S. The molecule has 1 aromatic carbocycles. The number of carbonyl (C=O) groups is 1. The lowest BCUT2D eigenvalue weighted by molar-refractivity contribution is -0.113. The zero-order valence-electron chi connectivity index (χ0n) is 12.6. The van der Waals surface area contributed by atoms with E-state index >= 15 is 0 Å². The van der Waals surface area contributed by atoms with Crippen LogP contribution < -0.4 is 5.32 Å². The van der Waals surface area contributed by atoms with Crippen molar-refractivity contribution in [2.45, 2.75) is 11.9 Å². The molecular weight excluding hydrogens is 328 g/mol. The van der Waals surface area contributed by atoms with Crippen LogP contribution >= 0.6 is 11.8 Å². The molecule has 0 aliphatic heterocycles. The van der Waals surface area contributed by atoms with Crippen molar-refractivity contribution >= 4 is 45.6 Å². The highest BCUT2D eigenvalue weighted by molar-refractivity contribution is 8.00. The minimum Gasteiger partial charge on any atom is -0.451 e. The SMILES string of the molecule is Cc1cc(NC(=O)CSc2ncnc3c2oc2ccccc23)no1. The van der Waals surface area contributed by atoms with Crippen molar-refractivity contribution in [3.05, 3.63) is 42.4 Å². The number of nitrogens with one attached hydrogen (secondary N) is 1. The van der Waals surface area contributed by atoms with Gasteiger partial charge in [-0.25, -0.2) is 9.97 Å². The smallest absolute Gasteiger partial charge is 0.236 e. The minimum absolute atomic E-state index is 0.176. The van der Waals surface area contributed by atoms with Gasteiger partial charge in [0.1, 0.15) is 28.2 Å². The molecule has 1 N–H and O–H groups in total. The lowest BCUT2D eigenvalue weighted by Crippen LogP contribution is -2.14. The molecule has 120 valence electrons. The van der Waals surface area contributed by atoms with Gasteiger partial charge in [-0.2, -0.15) is 0 Å². The predicted octanol–water partition coefficient (Wildman–Crippen LogP) is 3.40. The molecule has 0 bridgehead atoms. The van der Waals surface area contributed by atoms with Gasteiger partial charge in [0.2, 0.25) is 5.91 Å². The molecule has 0 atom stereocenters. The average molecular weight is 340 g/mol. The monoisotopic (exact) mass is 340 g/mol. The van der Waals surface area contributed by atoms with Gasteiger partial charge in [-0.3, -0.25) is 4.79 Å². The van der Waals surface area contributed by atoms with Gasteiger partial charge in [0.15, 0.2) is 11.4 Å². The molecule has 0 radical (unpaired) electrons. The quantitative estimate of drug-likeness (QED) is 0.449. The van der Waals surface area contributed by atoms with E-state index in [9.17, 15) is 4.79 Å². The number of hydrogen-bond acceptors (Lipinski definition) is 7. The molecule has 3 heterocycles. The summed E-state index contributed by atoms with van der Waals surface area (Å²) < 4.78 is 10.7. The first-order valence-electron chi connectivity index (χ1n) is 7.19. The molecule has 0 saturated heterocycles. The Morgan fingerprint density at radius 1 is 1.29 bits per heavy atom. The van der Waals surface area contributed by atoms with Crippen LogP contribution in [0.3, 0.4) is 0 Å². The molecule has 0 spiro atoms. The van der Waals surface area contributed by atoms with E-state index in [2.05, 4.69) is 20.4 Å². The van der Waals surface area contributed by atoms with Crippen LogP contribution in [0.2, 0.25) is 0 Å². The van der Waals surface area contributed by atoms with Crippen molar-refractivity contribution in [2.75, 3.05) is 11.1 Å². The Balaban J connectivity index is 1.55. The third-order valence-corrected chi connectivity index (χ3v) is 4.33. The van der Waals surface area contributed by atoms with Crippen molar-refractivity contribution in [1.29, 1.82) is 0 Å². The minimum atomic E-state index is -0.198. The van der Waals surface area contributed by atoms with Crippen molar-refractivity contribution in [3.63, 3.8) is 0 Å². The number of carbonyl (C=O) groups excluding carboxylic acids is 1. The lowest BCUT2D eigenvalue weighted by Gasteiger charge is -2.01. The topological polar surface area (TPSA) is 94.1 Å². The maximum Gasteiger partial charge on any atom is 0.236 e. The van der Waals surface area contributed by atoms with E-state index < -0.39 is 0 Å². The van der Waals surface area contributed by atoms with Crippen LogP contribution in [0.5, 0.6) is 0 Å². The van der Waals surface area contributed by atoms with Crippen LogP contribution in [-0.2, 0) is 4.79 Å². The Hall–Kier alpha value is -2.87. The fraction of sp³-hybridized carbons (Fsp3) is 0.125. The van der Waals surface area contributed by atoms with Gasteiger partial charge in [-0.05, 0) is 19.1 Å². The maximum atomic E-state index is 12.0. The number of furan rings is 1. The number of thioether (sulfide) groups is 1. The van der Waals surface area contributed by atoms with Crippen LogP contribution in [0.1, 0.15) is 5.76 Å². The zero-order valence-corrected chi connectivity index (χ0v) is 13.5. The van der Waals surface area contributed by atoms with Gasteiger partial charge in [0.05, 0.1) is 5.75 Å². The molecule has 0 aliphatic rings. The highest BCUT2D eigenvalue weighted by Crippen LogP contribution is 2.32. The van der Waals surface area contributed by atoms with Crippen LogP contribution in [0.4, 0.5) is 5.82 Å². The molecule has 7 nitrogen and oxygen atoms in total. The number of fused-ring (bicyclic) bond motifs is 3. The number of nitrogens with zero attached hydrogens (tertiary/aromatic N) is 3. The summed E-state index contributed by atoms with van der Waals surface area (Å²) in [7, 11) is 0. The van der Waals surface area contributed by atoms with E-state index in [1.54, 1.807) is 13.0 Å². The van der Waals surface area contributed by atoms with Crippen LogP contribution in [0.15, 0.2) is 50.6 Å². The van der Waals surface area contributed by atoms with Crippen molar-refractivity contribution < 1.29 is 13.7 Å². The molecule has 4 rings (SSSR count). The summed E-state index contributed by atoms with van der Waals surface area (Å²) in [5, 5.41) is 7.96. The van der Waals surface area contributed by atoms with E-state index in [0.717, 1.165) is 16.5 Å². The summed E-state index contributed by atoms with van der Waals surface area (Å²) in [6.07, 6.45) is 1.48. The second-order valence-corrected chi connectivity index (χ2v) is 6.08. The summed E-state index contributed by atoms with van der Waals surface area (Å²) in [5.74, 6) is 1.01. The Morgan fingerprint density at radius 3 is 3.00 bits per heavy atom. The number of para-hydroxylation sites is 1. The summed E-state index contributed by atoms with van der Waals surface area (Å²) >= 11 is 1.28. The van der Waals surface area contributed by atoms with Gasteiger partial charge in [-0.15, -0.1) is 0 Å². The van der Waals surface area contributed by atoms with Crippen LogP contribution in [0.25, 0.3) is 22.1 Å². The molecule has 4 aromatic rings. The largest absolute Gasteiger partial charge is 0.451 e. The van der Waals surface area contributed by atoms with Crippen molar-refractivity contribution in [2.24, 2.45) is 0 Å². The van der Waals surface area contributed by atoms with Crippen LogP contribution in [-0.4, -0.2) is 26.8 Å². The summed E-state index contributed by atoms with van der Waals surface area (Å²) in [5.41, 5.74) is 2.08. The zero-order chi connectivity index (χ0) is 16.5. The Bertz CT molecular complexity index is 1040. The number of anilines is 1. The first kappa shape index (κ1) is 14.7. The Kier molecular flexibility index (Phi) is 3.66. The summed E-state index contributed by atoms with van der Waals surface area (Å²) in [6.45, 7) is 1.76. The number of aryl methyl sites for hydroxylation is 1. The number of hydrogen-bond donors (Lipinski definition) is 1. The third-order valence-electron chi connectivity index (χ3n) is 3.36. The highest BCUT2D eigenvalue weighted by atomic mass is 32.2. The van der Waals surface area contributed by atoms with Crippen LogP contribution in [0, 0.1) is 6.92 Å². The Morgan fingerprint density at radius 2 is 2.17 bits per heavy atom. The fourth-order valence-corrected chi connectivity index (χ4v) is 3.07. The van der Waals surface area contributed by atoms with E-state index in [-0.39, 0.29) is 11.7 Å². The van der Waals surface area contributed by atoms with E-state index in [1.165, 1.54) is 18.1 Å². The van der Waals surface area contributed by atoms with Gasteiger partial charge in [-0.1, -0.05) is 29.1 Å². The molecule has 0 unspecified atom stereocenters. The molecule has 3 aromatic heterocycles. The normalized spacial score (nSPS) is 11.2. The predicted molar refractivity (Wildman–Crippen MR) is 89.9 cm³/mol. The maximum absolute atomic E-state index is 12.0. The Labute approximate surface area is 140 Å². The molecule has 0 fully saturated rings.